The minimum absolute atomic E-state index is 0.126. The molecule has 15 heavy (non-hydrogen) atoms. The van der Waals surface area contributed by atoms with Crippen LogP contribution in [0.1, 0.15) is 52.9 Å². The third-order valence-corrected chi connectivity index (χ3v) is 2.67. The Balaban J connectivity index is 3.67. The van der Waals surface area contributed by atoms with Crippen molar-refractivity contribution in [2.24, 2.45) is 11.7 Å². The topological polar surface area (TPSA) is 52.3 Å². The van der Waals surface area contributed by atoms with E-state index in [4.69, 9.17) is 10.5 Å². The van der Waals surface area contributed by atoms with Crippen LogP contribution in [-0.2, 0) is 9.53 Å². The van der Waals surface area contributed by atoms with Gasteiger partial charge >= 0.3 is 5.97 Å². The maximum Gasteiger partial charge on any atom is 0.306 e. The van der Waals surface area contributed by atoms with Crippen LogP contribution in [0.2, 0.25) is 0 Å². The molecule has 3 nitrogen and oxygen atoms in total. The molecule has 0 spiro atoms. The molecule has 0 bridgehead atoms. The molecule has 0 aliphatic heterocycles. The molecule has 2 N–H and O–H groups in total. The fourth-order valence-electron chi connectivity index (χ4n) is 1.55. The monoisotopic (exact) mass is 215 g/mol. The number of hydrogen-bond donors (Lipinski definition) is 1. The number of rotatable bonds is 8. The van der Waals surface area contributed by atoms with Gasteiger partial charge in [-0.3, -0.25) is 4.79 Å². The number of nitrogens with two attached hydrogens (primary N) is 1. The Kier molecular flexibility index (Phi) is 8.38. The van der Waals surface area contributed by atoms with E-state index in [-0.39, 0.29) is 17.9 Å². The summed E-state index contributed by atoms with van der Waals surface area (Å²) in [7, 11) is 0. The quantitative estimate of drug-likeness (QED) is 0.500. The highest BCUT2D eigenvalue weighted by Crippen LogP contribution is 2.13. The van der Waals surface area contributed by atoms with Gasteiger partial charge in [-0.1, -0.05) is 33.1 Å². The third kappa shape index (κ3) is 7.37. The summed E-state index contributed by atoms with van der Waals surface area (Å²) in [5.74, 6) is 0.0943. The molecule has 0 heterocycles. The summed E-state index contributed by atoms with van der Waals surface area (Å²) in [5.41, 5.74) is 5.99. The molecule has 0 aromatic rings. The van der Waals surface area contributed by atoms with E-state index in [0.717, 1.165) is 12.8 Å². The Hall–Kier alpha value is -0.570. The van der Waals surface area contributed by atoms with Crippen LogP contribution in [0.3, 0.4) is 0 Å². The summed E-state index contributed by atoms with van der Waals surface area (Å²) in [6.07, 6.45) is 5.04. The van der Waals surface area contributed by atoms with Crippen molar-refractivity contribution in [3.05, 3.63) is 0 Å². The second-order valence-electron chi connectivity index (χ2n) is 4.15. The van der Waals surface area contributed by atoms with E-state index in [2.05, 4.69) is 6.92 Å². The van der Waals surface area contributed by atoms with Crippen LogP contribution >= 0.6 is 0 Å². The first-order valence-electron chi connectivity index (χ1n) is 6.03. The molecule has 0 aliphatic rings. The van der Waals surface area contributed by atoms with Gasteiger partial charge in [0.25, 0.3) is 0 Å². The predicted octanol–water partition coefficient (Wildman–Crippen LogP) is 2.48. The average Bonchev–Trinajstić information content (AvgIpc) is 2.18. The van der Waals surface area contributed by atoms with E-state index in [1.807, 2.05) is 13.8 Å². The Morgan fingerprint density at radius 3 is 2.53 bits per heavy atom. The molecule has 0 saturated heterocycles. The van der Waals surface area contributed by atoms with Crippen LogP contribution < -0.4 is 5.73 Å². The van der Waals surface area contributed by atoms with Gasteiger partial charge in [-0.2, -0.15) is 0 Å². The van der Waals surface area contributed by atoms with Crippen LogP contribution in [0.5, 0.6) is 0 Å². The average molecular weight is 215 g/mol. The third-order valence-electron chi connectivity index (χ3n) is 2.67. The zero-order valence-corrected chi connectivity index (χ0v) is 10.3. The summed E-state index contributed by atoms with van der Waals surface area (Å²) in [6, 6.07) is 0.126. The zero-order valence-electron chi connectivity index (χ0n) is 10.3. The van der Waals surface area contributed by atoms with Crippen molar-refractivity contribution >= 4 is 5.97 Å². The molecule has 0 aromatic carbocycles. The van der Waals surface area contributed by atoms with Crippen LogP contribution in [0.4, 0.5) is 0 Å². The van der Waals surface area contributed by atoms with E-state index in [1.54, 1.807) is 0 Å². The summed E-state index contributed by atoms with van der Waals surface area (Å²) in [6.45, 7) is 6.47. The lowest BCUT2D eigenvalue weighted by atomic mass is 9.94. The summed E-state index contributed by atoms with van der Waals surface area (Å²) in [4.78, 5) is 11.2. The van der Waals surface area contributed by atoms with Crippen molar-refractivity contribution in [1.82, 2.24) is 0 Å². The van der Waals surface area contributed by atoms with Crippen molar-refractivity contribution in [2.45, 2.75) is 58.9 Å². The van der Waals surface area contributed by atoms with E-state index >= 15 is 0 Å². The number of carbonyl (C=O) groups excluding carboxylic acids is 1. The Labute approximate surface area is 93.4 Å². The lowest BCUT2D eigenvalue weighted by Gasteiger charge is -2.18. The maximum absolute atomic E-state index is 11.2. The van der Waals surface area contributed by atoms with E-state index < -0.39 is 0 Å². The lowest BCUT2D eigenvalue weighted by Crippen LogP contribution is -2.30. The number of carbonyl (C=O) groups is 1. The lowest BCUT2D eigenvalue weighted by molar-refractivity contribution is -0.144. The van der Waals surface area contributed by atoms with Crippen LogP contribution in [0.25, 0.3) is 0 Å². The fourth-order valence-corrected chi connectivity index (χ4v) is 1.55. The molecular formula is C12H25NO2. The van der Waals surface area contributed by atoms with Gasteiger partial charge in [-0.15, -0.1) is 0 Å². The molecular weight excluding hydrogens is 190 g/mol. The Bertz CT molecular complexity index is 171. The van der Waals surface area contributed by atoms with Crippen LogP contribution in [0, 0.1) is 5.92 Å². The maximum atomic E-state index is 11.2. The first-order valence-corrected chi connectivity index (χ1v) is 6.03. The molecule has 0 rings (SSSR count). The van der Waals surface area contributed by atoms with E-state index in [0.29, 0.717) is 13.0 Å². The number of hydrogen-bond acceptors (Lipinski definition) is 3. The van der Waals surface area contributed by atoms with Gasteiger partial charge in [0.1, 0.15) is 0 Å². The van der Waals surface area contributed by atoms with Crippen molar-refractivity contribution < 1.29 is 9.53 Å². The normalized spacial score (nSPS) is 14.7. The highest BCUT2D eigenvalue weighted by molar-refractivity contribution is 5.69. The van der Waals surface area contributed by atoms with Crippen molar-refractivity contribution in [3.8, 4) is 0 Å². The number of unbranched alkanes of at least 4 members (excludes halogenated alkanes) is 2. The Morgan fingerprint density at radius 1 is 1.33 bits per heavy atom. The largest absolute Gasteiger partial charge is 0.466 e. The standard InChI is InChI=1S/C12H25NO2/c1-4-6-7-8-11(13)10(3)9-12(14)15-5-2/h10-11H,4-9,13H2,1-3H3. The molecule has 2 unspecified atom stereocenters. The predicted molar refractivity (Wildman–Crippen MR) is 62.5 cm³/mol. The molecule has 0 amide bonds. The van der Waals surface area contributed by atoms with E-state index in [9.17, 15) is 4.79 Å². The summed E-state index contributed by atoms with van der Waals surface area (Å²) >= 11 is 0. The zero-order chi connectivity index (χ0) is 11.7. The van der Waals surface area contributed by atoms with Crippen molar-refractivity contribution in [1.29, 1.82) is 0 Å². The first-order chi connectivity index (χ1) is 7.11. The molecule has 0 aromatic heterocycles. The van der Waals surface area contributed by atoms with Gasteiger partial charge in [-0.05, 0) is 19.3 Å². The molecule has 2 atom stereocenters. The molecule has 3 heteroatoms. The second-order valence-corrected chi connectivity index (χ2v) is 4.15. The van der Waals surface area contributed by atoms with Crippen molar-refractivity contribution in [2.75, 3.05) is 6.61 Å². The smallest absolute Gasteiger partial charge is 0.306 e. The number of esters is 1. The molecule has 90 valence electrons. The van der Waals surface area contributed by atoms with Gasteiger partial charge in [0, 0.05) is 12.5 Å². The minimum atomic E-state index is -0.129. The number of ether oxygens (including phenoxy) is 1. The summed E-state index contributed by atoms with van der Waals surface area (Å²) in [5, 5.41) is 0. The molecule has 0 aliphatic carbocycles. The Morgan fingerprint density at radius 2 is 2.00 bits per heavy atom. The van der Waals surface area contributed by atoms with Crippen molar-refractivity contribution in [3.63, 3.8) is 0 Å². The van der Waals surface area contributed by atoms with Gasteiger partial charge < -0.3 is 10.5 Å². The molecule has 0 fully saturated rings. The SMILES string of the molecule is CCCCCC(N)C(C)CC(=O)OCC. The first kappa shape index (κ1) is 14.4. The van der Waals surface area contributed by atoms with Gasteiger partial charge in [0.2, 0.25) is 0 Å². The highest BCUT2D eigenvalue weighted by Gasteiger charge is 2.16. The minimum Gasteiger partial charge on any atom is -0.466 e. The van der Waals surface area contributed by atoms with Gasteiger partial charge in [-0.25, -0.2) is 0 Å². The van der Waals surface area contributed by atoms with Gasteiger partial charge in [0.05, 0.1) is 6.61 Å². The van der Waals surface area contributed by atoms with Crippen LogP contribution in [0.15, 0.2) is 0 Å². The molecule has 0 radical (unpaired) electrons. The second kappa shape index (κ2) is 8.72. The fraction of sp³-hybridized carbons (Fsp3) is 0.917. The summed E-state index contributed by atoms with van der Waals surface area (Å²) < 4.78 is 4.89. The highest BCUT2D eigenvalue weighted by atomic mass is 16.5. The van der Waals surface area contributed by atoms with E-state index in [1.165, 1.54) is 12.8 Å². The van der Waals surface area contributed by atoms with Crippen LogP contribution in [-0.4, -0.2) is 18.6 Å². The van der Waals surface area contributed by atoms with Gasteiger partial charge in [0.15, 0.2) is 0 Å². The molecule has 0 saturated carbocycles.